The molecule has 2 amide bonds. The highest BCUT2D eigenvalue weighted by Crippen LogP contribution is 2.22. The number of hydrogen-bond acceptors (Lipinski definition) is 4. The zero-order valence-corrected chi connectivity index (χ0v) is 19.6. The van der Waals surface area contributed by atoms with Crippen LogP contribution in [0.15, 0.2) is 54.6 Å². The summed E-state index contributed by atoms with van der Waals surface area (Å²) in [7, 11) is 1.29. The van der Waals surface area contributed by atoms with Gasteiger partial charge in [-0.05, 0) is 29.0 Å². The Morgan fingerprint density at radius 1 is 0.875 bits per heavy atom. The number of hydrogen-bond donors (Lipinski definition) is 2. The Labute approximate surface area is 190 Å². The van der Waals surface area contributed by atoms with Gasteiger partial charge in [-0.3, -0.25) is 9.59 Å². The first-order valence-electron chi connectivity index (χ1n) is 10.9. The Kier molecular flexibility index (Phi) is 9.00. The lowest BCUT2D eigenvalue weighted by Gasteiger charge is -2.20. The molecule has 0 fully saturated rings. The van der Waals surface area contributed by atoms with Gasteiger partial charge in [-0.2, -0.15) is 0 Å². The van der Waals surface area contributed by atoms with E-state index in [1.54, 1.807) is 0 Å². The predicted molar refractivity (Wildman–Crippen MR) is 125 cm³/mol. The lowest BCUT2D eigenvalue weighted by molar-refractivity contribution is -0.145. The Balaban J connectivity index is 1.89. The zero-order chi connectivity index (χ0) is 23.7. The van der Waals surface area contributed by atoms with E-state index in [9.17, 15) is 14.4 Å². The fourth-order valence-electron chi connectivity index (χ4n) is 3.34. The number of nitrogens with one attached hydrogen (secondary N) is 2. The largest absolute Gasteiger partial charge is 0.467 e. The smallest absolute Gasteiger partial charge is 0.328 e. The second-order valence-corrected chi connectivity index (χ2v) is 8.99. The first kappa shape index (κ1) is 25.1. The second kappa shape index (κ2) is 11.5. The minimum atomic E-state index is -0.806. The molecule has 0 aliphatic rings. The van der Waals surface area contributed by atoms with Crippen LogP contribution >= 0.6 is 0 Å². The molecule has 0 saturated carbocycles. The maximum atomic E-state index is 12.4. The summed E-state index contributed by atoms with van der Waals surface area (Å²) in [5.74, 6) is -1.10. The molecule has 0 aliphatic carbocycles. The molecular weight excluding hydrogens is 404 g/mol. The monoisotopic (exact) mass is 438 g/mol. The molecule has 0 saturated heterocycles. The number of rotatable bonds is 9. The summed E-state index contributed by atoms with van der Waals surface area (Å²) in [6.45, 7) is 8.30. The molecule has 172 valence electrons. The van der Waals surface area contributed by atoms with Crippen molar-refractivity contribution in [1.29, 1.82) is 0 Å². The van der Waals surface area contributed by atoms with Crippen LogP contribution < -0.4 is 10.6 Å². The van der Waals surface area contributed by atoms with E-state index in [2.05, 4.69) is 31.4 Å². The SMILES string of the molecule is COC(=O)[C@@H](Cc1ccc(C(C)(C)C)cc1)NC(=O)CCC(=O)N[C@H](C)c1ccccc1. The summed E-state index contributed by atoms with van der Waals surface area (Å²) < 4.78 is 4.86. The molecule has 2 aromatic rings. The summed E-state index contributed by atoms with van der Waals surface area (Å²) >= 11 is 0. The van der Waals surface area contributed by atoms with Gasteiger partial charge < -0.3 is 15.4 Å². The van der Waals surface area contributed by atoms with Crippen LogP contribution in [0, 0.1) is 0 Å². The molecule has 32 heavy (non-hydrogen) atoms. The normalized spacial score (nSPS) is 13.0. The molecule has 2 aromatic carbocycles. The van der Waals surface area contributed by atoms with Gasteiger partial charge in [0.05, 0.1) is 13.2 Å². The van der Waals surface area contributed by atoms with Crippen LogP contribution in [0.4, 0.5) is 0 Å². The third-order valence-corrected chi connectivity index (χ3v) is 5.34. The van der Waals surface area contributed by atoms with E-state index in [1.165, 1.54) is 12.7 Å². The van der Waals surface area contributed by atoms with Gasteiger partial charge in [-0.1, -0.05) is 75.4 Å². The van der Waals surface area contributed by atoms with Crippen molar-refractivity contribution >= 4 is 17.8 Å². The number of methoxy groups -OCH3 is 1. The van der Waals surface area contributed by atoms with Crippen molar-refractivity contribution in [3.8, 4) is 0 Å². The molecule has 2 rings (SSSR count). The molecule has 0 aromatic heterocycles. The average Bonchev–Trinajstić information content (AvgIpc) is 2.77. The van der Waals surface area contributed by atoms with Gasteiger partial charge in [0.25, 0.3) is 0 Å². The lowest BCUT2D eigenvalue weighted by Crippen LogP contribution is -2.43. The molecule has 0 unspecified atom stereocenters. The van der Waals surface area contributed by atoms with Crippen LogP contribution in [0.25, 0.3) is 0 Å². The fraction of sp³-hybridized carbons (Fsp3) is 0.423. The zero-order valence-electron chi connectivity index (χ0n) is 19.6. The van der Waals surface area contributed by atoms with Crippen LogP contribution in [-0.2, 0) is 31.0 Å². The summed E-state index contributed by atoms with van der Waals surface area (Å²) in [6, 6.07) is 16.6. The summed E-state index contributed by atoms with van der Waals surface area (Å²) in [6.07, 6.45) is 0.348. The molecule has 0 heterocycles. The highest BCUT2D eigenvalue weighted by molar-refractivity contribution is 5.87. The minimum Gasteiger partial charge on any atom is -0.467 e. The third kappa shape index (κ3) is 7.84. The molecule has 0 spiro atoms. The van der Waals surface area contributed by atoms with Gasteiger partial charge in [0.2, 0.25) is 11.8 Å². The second-order valence-electron chi connectivity index (χ2n) is 8.99. The van der Waals surface area contributed by atoms with Crippen molar-refractivity contribution in [2.45, 2.75) is 64.5 Å². The van der Waals surface area contributed by atoms with Crippen LogP contribution in [-0.4, -0.2) is 30.9 Å². The Bertz CT molecular complexity index is 902. The summed E-state index contributed by atoms with van der Waals surface area (Å²) in [5, 5.41) is 5.59. The highest BCUT2D eigenvalue weighted by Gasteiger charge is 2.23. The van der Waals surface area contributed by atoms with Crippen molar-refractivity contribution in [3.05, 3.63) is 71.3 Å². The summed E-state index contributed by atoms with van der Waals surface area (Å²) in [4.78, 5) is 36.8. The topological polar surface area (TPSA) is 84.5 Å². The van der Waals surface area contributed by atoms with Crippen LogP contribution in [0.2, 0.25) is 0 Å². The van der Waals surface area contributed by atoms with Gasteiger partial charge >= 0.3 is 5.97 Å². The first-order valence-corrected chi connectivity index (χ1v) is 10.9. The van der Waals surface area contributed by atoms with Crippen molar-refractivity contribution in [2.24, 2.45) is 0 Å². The van der Waals surface area contributed by atoms with Crippen LogP contribution in [0.1, 0.15) is 63.3 Å². The Morgan fingerprint density at radius 2 is 1.44 bits per heavy atom. The molecule has 6 nitrogen and oxygen atoms in total. The minimum absolute atomic E-state index is 0.0101. The lowest BCUT2D eigenvalue weighted by atomic mass is 9.86. The van der Waals surface area contributed by atoms with Crippen LogP contribution in [0.5, 0.6) is 0 Å². The Hall–Kier alpha value is -3.15. The van der Waals surface area contributed by atoms with E-state index in [-0.39, 0.29) is 36.1 Å². The Morgan fingerprint density at radius 3 is 1.97 bits per heavy atom. The molecule has 2 atom stereocenters. The number of carbonyl (C=O) groups is 3. The van der Waals surface area contributed by atoms with E-state index in [0.29, 0.717) is 6.42 Å². The molecular formula is C26H34N2O4. The molecule has 6 heteroatoms. The van der Waals surface area contributed by atoms with Gasteiger partial charge in [-0.25, -0.2) is 4.79 Å². The standard InChI is InChI=1S/C26H34N2O4/c1-18(20-9-7-6-8-10-20)27-23(29)15-16-24(30)28-22(25(31)32-5)17-19-11-13-21(14-12-19)26(2,3)4/h6-14,18,22H,15-17H2,1-5H3,(H,27,29)(H,28,30)/t18-,22-/m1/s1. The number of benzene rings is 2. The van der Waals surface area contributed by atoms with Gasteiger partial charge in [0.1, 0.15) is 6.04 Å². The molecule has 0 bridgehead atoms. The van der Waals surface area contributed by atoms with Gasteiger partial charge in [-0.15, -0.1) is 0 Å². The van der Waals surface area contributed by atoms with E-state index in [0.717, 1.165) is 11.1 Å². The third-order valence-electron chi connectivity index (χ3n) is 5.34. The fourth-order valence-corrected chi connectivity index (χ4v) is 3.34. The van der Waals surface area contributed by atoms with Crippen molar-refractivity contribution in [1.82, 2.24) is 10.6 Å². The maximum absolute atomic E-state index is 12.4. The van der Waals surface area contributed by atoms with E-state index < -0.39 is 12.0 Å². The van der Waals surface area contributed by atoms with E-state index in [1.807, 2.05) is 61.5 Å². The van der Waals surface area contributed by atoms with Crippen LogP contribution in [0.3, 0.4) is 0 Å². The number of esters is 1. The van der Waals surface area contributed by atoms with E-state index in [4.69, 9.17) is 4.74 Å². The van der Waals surface area contributed by atoms with Crippen molar-refractivity contribution < 1.29 is 19.1 Å². The molecule has 2 N–H and O–H groups in total. The average molecular weight is 439 g/mol. The molecule has 0 aliphatic heterocycles. The van der Waals surface area contributed by atoms with Gasteiger partial charge in [0, 0.05) is 19.3 Å². The van der Waals surface area contributed by atoms with Crippen molar-refractivity contribution in [2.75, 3.05) is 7.11 Å². The predicted octanol–water partition coefficient (Wildman–Crippen LogP) is 3.84. The molecule has 0 radical (unpaired) electrons. The number of carbonyl (C=O) groups excluding carboxylic acids is 3. The van der Waals surface area contributed by atoms with Crippen molar-refractivity contribution in [3.63, 3.8) is 0 Å². The number of amides is 2. The highest BCUT2D eigenvalue weighted by atomic mass is 16.5. The van der Waals surface area contributed by atoms with E-state index >= 15 is 0 Å². The van der Waals surface area contributed by atoms with Gasteiger partial charge in [0.15, 0.2) is 0 Å². The first-order chi connectivity index (χ1) is 15.1. The maximum Gasteiger partial charge on any atom is 0.328 e. The number of ether oxygens (including phenoxy) is 1. The summed E-state index contributed by atoms with van der Waals surface area (Å²) in [5.41, 5.74) is 3.14. The quantitative estimate of drug-likeness (QED) is 0.583.